The van der Waals surface area contributed by atoms with Crippen LogP contribution in [0.3, 0.4) is 0 Å². The van der Waals surface area contributed by atoms with Crippen molar-refractivity contribution in [1.82, 2.24) is 30.1 Å². The summed E-state index contributed by atoms with van der Waals surface area (Å²) in [6, 6.07) is 12.0. The number of carbonyl (C=O) groups is 2. The van der Waals surface area contributed by atoms with Gasteiger partial charge in [-0.2, -0.15) is 0 Å². The second kappa shape index (κ2) is 16.2. The first-order chi connectivity index (χ1) is 25.3. The van der Waals surface area contributed by atoms with E-state index in [1.165, 1.54) is 18.2 Å². The Morgan fingerprint density at radius 1 is 1.08 bits per heavy atom. The maximum atomic E-state index is 15.6. The number of benzene rings is 1. The third-order valence-corrected chi connectivity index (χ3v) is 9.74. The van der Waals surface area contributed by atoms with Crippen LogP contribution in [0.25, 0.3) is 22.5 Å². The minimum Gasteiger partial charge on any atom is -0.481 e. The van der Waals surface area contributed by atoms with Crippen LogP contribution in [0.5, 0.6) is 5.88 Å². The van der Waals surface area contributed by atoms with Gasteiger partial charge in [0, 0.05) is 73.3 Å². The Bertz CT molecular complexity index is 2000. The number of pyridine rings is 3. The number of aromatic nitrogens is 3. The number of halogens is 3. The van der Waals surface area contributed by atoms with Crippen LogP contribution < -0.4 is 15.4 Å². The zero-order valence-corrected chi connectivity index (χ0v) is 31.5. The molecule has 280 valence electrons. The number of rotatable bonds is 11. The summed E-state index contributed by atoms with van der Waals surface area (Å²) < 4.78 is 27.0. The summed E-state index contributed by atoms with van der Waals surface area (Å²) in [5, 5.41) is 16.4. The Balaban J connectivity index is 1.25. The maximum absolute atomic E-state index is 15.6. The first-order valence-electron chi connectivity index (χ1n) is 17.4. The van der Waals surface area contributed by atoms with Gasteiger partial charge in [0.15, 0.2) is 11.6 Å². The van der Waals surface area contributed by atoms with E-state index in [0.29, 0.717) is 78.2 Å². The molecule has 53 heavy (non-hydrogen) atoms. The van der Waals surface area contributed by atoms with Crippen molar-refractivity contribution in [3.63, 3.8) is 0 Å². The van der Waals surface area contributed by atoms with E-state index in [0.717, 1.165) is 0 Å². The number of aliphatic hydroxyl groups is 1. The molecule has 0 spiro atoms. The number of β-amino-alcohol motifs (C(OH)–C–C–N with tert-alkyl or cyclic N) is 1. The van der Waals surface area contributed by atoms with Crippen LogP contribution in [0.4, 0.5) is 20.7 Å². The molecule has 12 nitrogen and oxygen atoms in total. The van der Waals surface area contributed by atoms with Crippen molar-refractivity contribution in [3.05, 3.63) is 81.8 Å². The molecule has 3 N–H and O–H groups in total. The molecule has 0 aliphatic carbocycles. The molecular formula is C38H42Cl2FN7O5. The molecule has 2 aliphatic heterocycles. The fourth-order valence-corrected chi connectivity index (χ4v) is 6.96. The molecule has 3 aromatic heterocycles. The van der Waals surface area contributed by atoms with Crippen molar-refractivity contribution in [2.24, 2.45) is 0 Å². The lowest BCUT2D eigenvalue weighted by molar-refractivity contribution is -0.119. The van der Waals surface area contributed by atoms with E-state index in [2.05, 4.69) is 20.6 Å². The fourth-order valence-electron chi connectivity index (χ4n) is 6.39. The second-order valence-electron chi connectivity index (χ2n) is 14.2. The molecule has 0 radical (unpaired) electrons. The lowest BCUT2D eigenvalue weighted by Gasteiger charge is -2.29. The zero-order valence-electron chi connectivity index (χ0n) is 30.0. The van der Waals surface area contributed by atoms with E-state index in [9.17, 15) is 14.7 Å². The maximum Gasteiger partial charge on any atom is 0.410 e. The van der Waals surface area contributed by atoms with Crippen molar-refractivity contribution in [2.45, 2.75) is 70.9 Å². The summed E-state index contributed by atoms with van der Waals surface area (Å²) in [7, 11) is 1.49. The highest BCUT2D eigenvalue weighted by molar-refractivity contribution is 6.39. The fraction of sp³-hybridized carbons (Fsp3) is 0.395. The van der Waals surface area contributed by atoms with Crippen molar-refractivity contribution in [3.8, 4) is 28.4 Å². The number of carbonyl (C=O) groups excluding carboxylic acids is 2. The van der Waals surface area contributed by atoms with Crippen molar-refractivity contribution < 1.29 is 28.6 Å². The van der Waals surface area contributed by atoms with E-state index in [-0.39, 0.29) is 46.8 Å². The Labute approximate surface area is 317 Å². The van der Waals surface area contributed by atoms with Crippen LogP contribution in [0.1, 0.15) is 51.2 Å². The van der Waals surface area contributed by atoms with Crippen LogP contribution in [-0.2, 0) is 22.6 Å². The highest BCUT2D eigenvalue weighted by Crippen LogP contribution is 2.41. The summed E-state index contributed by atoms with van der Waals surface area (Å²) in [4.78, 5) is 42.2. The third kappa shape index (κ3) is 9.15. The van der Waals surface area contributed by atoms with Gasteiger partial charge in [-0.05, 0) is 63.9 Å². The predicted molar refractivity (Wildman–Crippen MR) is 201 cm³/mol. The summed E-state index contributed by atoms with van der Waals surface area (Å²) in [6.07, 6.45) is 3.88. The number of methoxy groups -OCH3 is 1. The topological polar surface area (TPSA) is 142 Å². The van der Waals surface area contributed by atoms with E-state index in [4.69, 9.17) is 37.7 Å². The van der Waals surface area contributed by atoms with Gasteiger partial charge in [-0.3, -0.25) is 14.7 Å². The minimum absolute atomic E-state index is 0.0173. The summed E-state index contributed by atoms with van der Waals surface area (Å²) in [6.45, 7) is 7.31. The van der Waals surface area contributed by atoms with E-state index in [1.54, 1.807) is 69.4 Å². The van der Waals surface area contributed by atoms with Crippen LogP contribution in [0, 0.1) is 5.82 Å². The number of anilines is 2. The number of hydrogen-bond acceptors (Lipinski definition) is 10. The van der Waals surface area contributed by atoms with Crippen molar-refractivity contribution in [2.75, 3.05) is 32.1 Å². The number of amides is 2. The van der Waals surface area contributed by atoms with Gasteiger partial charge in [0.1, 0.15) is 5.60 Å². The third-order valence-electron chi connectivity index (χ3n) is 8.95. The molecular weight excluding hydrogens is 724 g/mol. The predicted octanol–water partition coefficient (Wildman–Crippen LogP) is 6.99. The van der Waals surface area contributed by atoms with E-state index < -0.39 is 23.6 Å². The molecule has 6 rings (SSSR count). The molecule has 2 amide bonds. The van der Waals surface area contributed by atoms with Crippen molar-refractivity contribution in [1.29, 1.82) is 0 Å². The number of nitrogens with one attached hydrogen (secondary N) is 2. The second-order valence-corrected chi connectivity index (χ2v) is 14.9. The highest BCUT2D eigenvalue weighted by atomic mass is 35.5. The van der Waals surface area contributed by atoms with E-state index >= 15 is 4.39 Å². The molecule has 2 fully saturated rings. The average Bonchev–Trinajstić information content (AvgIpc) is 3.73. The number of hydrogen-bond donors (Lipinski definition) is 3. The Kier molecular flexibility index (Phi) is 11.7. The Morgan fingerprint density at radius 3 is 2.57 bits per heavy atom. The molecule has 2 saturated heterocycles. The molecule has 15 heteroatoms. The lowest BCUT2D eigenvalue weighted by atomic mass is 10.1. The van der Waals surface area contributed by atoms with Gasteiger partial charge in [0.2, 0.25) is 11.8 Å². The highest BCUT2D eigenvalue weighted by Gasteiger charge is 2.30. The van der Waals surface area contributed by atoms with Crippen LogP contribution >= 0.6 is 23.2 Å². The first kappa shape index (κ1) is 38.2. The van der Waals surface area contributed by atoms with Gasteiger partial charge in [-0.25, -0.2) is 19.2 Å². The minimum atomic E-state index is -0.716. The summed E-state index contributed by atoms with van der Waals surface area (Å²) >= 11 is 13.9. The van der Waals surface area contributed by atoms with Gasteiger partial charge in [0.25, 0.3) is 0 Å². The molecule has 2 aliphatic rings. The molecule has 0 unspecified atom stereocenters. The molecule has 0 bridgehead atoms. The monoisotopic (exact) mass is 765 g/mol. The quantitative estimate of drug-likeness (QED) is 0.146. The molecule has 4 aromatic rings. The van der Waals surface area contributed by atoms with Crippen LogP contribution in [-0.4, -0.2) is 86.3 Å². The summed E-state index contributed by atoms with van der Waals surface area (Å²) in [5.41, 5.74) is 2.70. The molecule has 0 saturated carbocycles. The smallest absolute Gasteiger partial charge is 0.410 e. The standard InChI is InChI=1S/C38H42Cl2FN7O5/c1-38(2,3)53-37(51)48(20-24-9-11-30(50)44-24)19-23-8-10-28(46-36(23)52-4)26-13-16-42-34(32(26)40)27-6-5-7-29(31(27)39)45-35-33(41)22(12-15-43-35)18-47-17-14-25(49)21-47/h5-8,10,12-13,15-16,24-25,49H,9,11,14,17-21H2,1-4H3,(H,43,45)(H,44,50)/t24-,25-/m0/s1. The SMILES string of the molecule is COc1nc(-c2ccnc(-c3cccc(Nc4nccc(CN5CC[C@H](O)C5)c4F)c3Cl)c2Cl)ccc1CN(C[C@@H]1CCC(=O)N1)C(=O)OC(C)(C)C. The Hall–Kier alpha value is -4.56. The largest absolute Gasteiger partial charge is 0.481 e. The van der Waals surface area contributed by atoms with Crippen LogP contribution in [0.2, 0.25) is 10.0 Å². The van der Waals surface area contributed by atoms with Gasteiger partial charge in [-0.1, -0.05) is 35.3 Å². The number of ether oxygens (including phenoxy) is 2. The summed E-state index contributed by atoms with van der Waals surface area (Å²) in [5.74, 6) is -0.254. The van der Waals surface area contributed by atoms with Gasteiger partial charge < -0.3 is 30.1 Å². The average molecular weight is 767 g/mol. The first-order valence-corrected chi connectivity index (χ1v) is 18.1. The normalized spacial score (nSPS) is 17.5. The number of aliphatic hydroxyl groups excluding tert-OH is 1. The zero-order chi connectivity index (χ0) is 37.9. The van der Waals surface area contributed by atoms with Crippen molar-refractivity contribution >= 4 is 46.7 Å². The van der Waals surface area contributed by atoms with Gasteiger partial charge in [-0.15, -0.1) is 0 Å². The number of nitrogens with zero attached hydrogens (tertiary/aromatic N) is 5. The van der Waals surface area contributed by atoms with Gasteiger partial charge in [0.05, 0.1) is 46.9 Å². The van der Waals surface area contributed by atoms with Gasteiger partial charge >= 0.3 is 6.09 Å². The number of likely N-dealkylation sites (tertiary alicyclic amines) is 1. The Morgan fingerprint density at radius 2 is 1.87 bits per heavy atom. The lowest BCUT2D eigenvalue weighted by Crippen LogP contribution is -2.43. The van der Waals surface area contributed by atoms with Crippen LogP contribution in [0.15, 0.2) is 54.9 Å². The molecule has 2 atom stereocenters. The molecule has 5 heterocycles. The molecule has 1 aromatic carbocycles. The van der Waals surface area contributed by atoms with E-state index in [1.807, 2.05) is 4.90 Å².